The summed E-state index contributed by atoms with van der Waals surface area (Å²) in [5.74, 6) is 1.79. The van der Waals surface area contributed by atoms with Crippen LogP contribution in [-0.4, -0.2) is 50.8 Å². The molecule has 118 valence electrons. The van der Waals surface area contributed by atoms with E-state index in [-0.39, 0.29) is 0 Å². The van der Waals surface area contributed by atoms with E-state index in [9.17, 15) is 0 Å². The zero-order valence-corrected chi connectivity index (χ0v) is 13.6. The summed E-state index contributed by atoms with van der Waals surface area (Å²) >= 11 is 0. The average molecular weight is 282 g/mol. The fourth-order valence-electron chi connectivity index (χ4n) is 3.25. The number of nitrogens with zero attached hydrogens (tertiary/aromatic N) is 1. The molecule has 0 amide bonds. The second kappa shape index (κ2) is 9.01. The van der Waals surface area contributed by atoms with Crippen molar-refractivity contribution in [3.63, 3.8) is 0 Å². The Morgan fingerprint density at radius 2 is 1.95 bits per heavy atom. The van der Waals surface area contributed by atoms with Crippen molar-refractivity contribution in [1.29, 1.82) is 0 Å². The summed E-state index contributed by atoms with van der Waals surface area (Å²) in [6, 6.07) is 0.686. The lowest BCUT2D eigenvalue weighted by Crippen LogP contribution is -2.45. The molecule has 2 rings (SSSR count). The van der Waals surface area contributed by atoms with Crippen LogP contribution in [0.1, 0.15) is 51.9 Å². The van der Waals surface area contributed by atoms with Crippen molar-refractivity contribution < 1.29 is 4.74 Å². The normalized spacial score (nSPS) is 21.8. The maximum Gasteiger partial charge on any atom is 0.0593 e. The zero-order chi connectivity index (χ0) is 14.2. The van der Waals surface area contributed by atoms with Gasteiger partial charge in [-0.15, -0.1) is 0 Å². The molecule has 2 fully saturated rings. The van der Waals surface area contributed by atoms with Gasteiger partial charge < -0.3 is 15.0 Å². The molecule has 0 bridgehead atoms. The maximum atomic E-state index is 5.75. The predicted molar refractivity (Wildman–Crippen MR) is 85.1 cm³/mol. The molecule has 20 heavy (non-hydrogen) atoms. The first kappa shape index (κ1) is 16.3. The van der Waals surface area contributed by atoms with Crippen molar-refractivity contribution in [2.75, 3.05) is 39.9 Å². The van der Waals surface area contributed by atoms with Crippen LogP contribution in [0, 0.1) is 11.8 Å². The highest BCUT2D eigenvalue weighted by Crippen LogP contribution is 2.29. The quantitative estimate of drug-likeness (QED) is 0.590. The number of ether oxygens (including phenoxy) is 1. The van der Waals surface area contributed by atoms with Gasteiger partial charge in [0.05, 0.1) is 6.61 Å². The summed E-state index contributed by atoms with van der Waals surface area (Å²) in [4.78, 5) is 2.46. The third-order valence-corrected chi connectivity index (χ3v) is 4.80. The van der Waals surface area contributed by atoms with E-state index < -0.39 is 0 Å². The van der Waals surface area contributed by atoms with E-state index in [1.54, 1.807) is 0 Å². The van der Waals surface area contributed by atoms with E-state index in [0.29, 0.717) is 6.04 Å². The second-order valence-electron chi connectivity index (χ2n) is 6.89. The minimum absolute atomic E-state index is 0.686. The third-order valence-electron chi connectivity index (χ3n) is 4.80. The summed E-state index contributed by atoms with van der Waals surface area (Å²) in [6.07, 6.45) is 9.73. The molecular weight excluding hydrogens is 248 g/mol. The molecule has 0 aromatic heterocycles. The molecule has 0 radical (unpaired) electrons. The molecule has 2 saturated carbocycles. The Morgan fingerprint density at radius 3 is 2.60 bits per heavy atom. The van der Waals surface area contributed by atoms with Crippen molar-refractivity contribution in [1.82, 2.24) is 10.2 Å². The van der Waals surface area contributed by atoms with Crippen LogP contribution in [0.15, 0.2) is 0 Å². The first-order valence-corrected chi connectivity index (χ1v) is 8.79. The van der Waals surface area contributed by atoms with Gasteiger partial charge in [0, 0.05) is 25.7 Å². The van der Waals surface area contributed by atoms with Crippen molar-refractivity contribution in [3.8, 4) is 0 Å². The van der Waals surface area contributed by atoms with Crippen LogP contribution >= 0.6 is 0 Å². The third kappa shape index (κ3) is 6.11. The van der Waals surface area contributed by atoms with Crippen molar-refractivity contribution in [3.05, 3.63) is 0 Å². The SMILES string of the molecule is CCCNC(CN(C)CCOCC1CC1)C1CCCC1. The molecular formula is C17H34N2O. The minimum atomic E-state index is 0.686. The van der Waals surface area contributed by atoms with Crippen molar-refractivity contribution in [2.45, 2.75) is 57.9 Å². The topological polar surface area (TPSA) is 24.5 Å². The van der Waals surface area contributed by atoms with Gasteiger partial charge in [0.15, 0.2) is 0 Å². The van der Waals surface area contributed by atoms with Crippen LogP contribution < -0.4 is 5.32 Å². The van der Waals surface area contributed by atoms with Gasteiger partial charge in [-0.2, -0.15) is 0 Å². The van der Waals surface area contributed by atoms with Crippen LogP contribution in [0.5, 0.6) is 0 Å². The first-order valence-electron chi connectivity index (χ1n) is 8.79. The van der Waals surface area contributed by atoms with Gasteiger partial charge >= 0.3 is 0 Å². The van der Waals surface area contributed by atoms with Gasteiger partial charge in [0.25, 0.3) is 0 Å². The molecule has 3 nitrogen and oxygen atoms in total. The average Bonchev–Trinajstić information content (AvgIpc) is 3.11. The molecule has 0 saturated heterocycles. The van der Waals surface area contributed by atoms with E-state index in [1.165, 1.54) is 51.5 Å². The Labute approximate surface area is 125 Å². The van der Waals surface area contributed by atoms with Crippen LogP contribution in [0.2, 0.25) is 0 Å². The summed E-state index contributed by atoms with van der Waals surface area (Å²) in [5.41, 5.74) is 0. The lowest BCUT2D eigenvalue weighted by atomic mass is 9.97. The molecule has 1 atom stereocenters. The van der Waals surface area contributed by atoms with Crippen molar-refractivity contribution in [2.24, 2.45) is 11.8 Å². The van der Waals surface area contributed by atoms with Crippen LogP contribution in [-0.2, 0) is 4.74 Å². The van der Waals surface area contributed by atoms with E-state index in [1.807, 2.05) is 0 Å². The molecule has 2 aliphatic rings. The highest BCUT2D eigenvalue weighted by molar-refractivity contribution is 4.82. The van der Waals surface area contributed by atoms with E-state index >= 15 is 0 Å². The Hall–Kier alpha value is -0.120. The molecule has 0 aliphatic heterocycles. The Kier molecular flexibility index (Phi) is 7.32. The van der Waals surface area contributed by atoms with E-state index in [4.69, 9.17) is 4.74 Å². The maximum absolute atomic E-state index is 5.75. The van der Waals surface area contributed by atoms with Gasteiger partial charge in [-0.25, -0.2) is 0 Å². The fraction of sp³-hybridized carbons (Fsp3) is 1.00. The predicted octanol–water partition coefficient (Wildman–Crippen LogP) is 2.90. The number of rotatable bonds is 11. The standard InChI is InChI=1S/C17H34N2O/c1-3-10-18-17(16-6-4-5-7-16)13-19(2)11-12-20-14-15-8-9-15/h15-18H,3-14H2,1-2H3. The summed E-state index contributed by atoms with van der Waals surface area (Å²) in [5, 5.41) is 3.78. The van der Waals surface area contributed by atoms with Gasteiger partial charge in [-0.05, 0) is 57.5 Å². The van der Waals surface area contributed by atoms with E-state index in [2.05, 4.69) is 24.2 Å². The molecule has 1 unspecified atom stereocenters. The number of hydrogen-bond acceptors (Lipinski definition) is 3. The van der Waals surface area contributed by atoms with Gasteiger partial charge in [-0.3, -0.25) is 0 Å². The fourth-order valence-corrected chi connectivity index (χ4v) is 3.25. The molecule has 0 aromatic carbocycles. The Morgan fingerprint density at radius 1 is 1.20 bits per heavy atom. The van der Waals surface area contributed by atoms with Crippen LogP contribution in [0.3, 0.4) is 0 Å². The molecule has 3 heteroatoms. The van der Waals surface area contributed by atoms with E-state index in [0.717, 1.165) is 38.1 Å². The summed E-state index contributed by atoms with van der Waals surface area (Å²) in [7, 11) is 2.25. The zero-order valence-electron chi connectivity index (χ0n) is 13.6. The largest absolute Gasteiger partial charge is 0.380 e. The number of hydrogen-bond donors (Lipinski definition) is 1. The molecule has 0 spiro atoms. The lowest BCUT2D eigenvalue weighted by molar-refractivity contribution is 0.0981. The monoisotopic (exact) mass is 282 g/mol. The minimum Gasteiger partial charge on any atom is -0.380 e. The highest BCUT2D eigenvalue weighted by Gasteiger charge is 2.25. The molecule has 1 N–H and O–H groups in total. The second-order valence-corrected chi connectivity index (χ2v) is 6.89. The molecule has 0 heterocycles. The van der Waals surface area contributed by atoms with Crippen LogP contribution in [0.25, 0.3) is 0 Å². The number of nitrogens with one attached hydrogen (secondary N) is 1. The van der Waals surface area contributed by atoms with Crippen LogP contribution in [0.4, 0.5) is 0 Å². The van der Waals surface area contributed by atoms with Gasteiger partial charge in [0.2, 0.25) is 0 Å². The van der Waals surface area contributed by atoms with Gasteiger partial charge in [-0.1, -0.05) is 19.8 Å². The molecule has 2 aliphatic carbocycles. The summed E-state index contributed by atoms with van der Waals surface area (Å²) < 4.78 is 5.75. The summed E-state index contributed by atoms with van der Waals surface area (Å²) in [6.45, 7) is 7.56. The Balaban J connectivity index is 1.62. The van der Waals surface area contributed by atoms with Gasteiger partial charge in [0.1, 0.15) is 0 Å². The van der Waals surface area contributed by atoms with Crippen molar-refractivity contribution >= 4 is 0 Å². The lowest BCUT2D eigenvalue weighted by Gasteiger charge is -2.29. The molecule has 0 aromatic rings. The Bertz CT molecular complexity index is 249. The smallest absolute Gasteiger partial charge is 0.0593 e. The number of likely N-dealkylation sites (N-methyl/N-ethyl adjacent to an activating group) is 1. The highest BCUT2D eigenvalue weighted by atomic mass is 16.5. The first-order chi connectivity index (χ1) is 9.79.